The fourth-order valence-corrected chi connectivity index (χ4v) is 5.05. The Balaban J connectivity index is 1.59. The number of hydrogen-bond donors (Lipinski definition) is 1. The molecule has 0 saturated heterocycles. The van der Waals surface area contributed by atoms with Gasteiger partial charge in [0, 0.05) is 23.4 Å². The van der Waals surface area contributed by atoms with Crippen LogP contribution in [0.25, 0.3) is 22.4 Å². The zero-order valence-electron chi connectivity index (χ0n) is 20.0. The lowest BCUT2D eigenvalue weighted by Gasteiger charge is -2.28. The lowest BCUT2D eigenvalue weighted by Crippen LogP contribution is -2.23. The average molecular weight is 465 g/mol. The molecule has 0 amide bonds. The van der Waals surface area contributed by atoms with Crippen molar-refractivity contribution < 1.29 is 19.0 Å². The van der Waals surface area contributed by atoms with Crippen LogP contribution in [0.5, 0.6) is 0 Å². The monoisotopic (exact) mass is 464 g/mol. The number of ether oxygens (including phenoxy) is 1. The summed E-state index contributed by atoms with van der Waals surface area (Å²) in [6.07, 6.45) is 4.97. The van der Waals surface area contributed by atoms with Crippen molar-refractivity contribution in [1.82, 2.24) is 9.78 Å². The van der Waals surface area contributed by atoms with Crippen molar-refractivity contribution in [3.63, 3.8) is 0 Å². The maximum absolute atomic E-state index is 15.0. The van der Waals surface area contributed by atoms with Gasteiger partial charge in [-0.15, -0.1) is 0 Å². The van der Waals surface area contributed by atoms with E-state index in [0.717, 1.165) is 61.0 Å². The van der Waals surface area contributed by atoms with Gasteiger partial charge in [0.2, 0.25) is 0 Å². The van der Waals surface area contributed by atoms with E-state index < -0.39 is 5.97 Å². The average Bonchev–Trinajstić information content (AvgIpc) is 3.18. The second-order valence-electron chi connectivity index (χ2n) is 9.35. The maximum Gasteiger partial charge on any atom is 0.329 e. The van der Waals surface area contributed by atoms with E-state index in [1.54, 1.807) is 6.07 Å². The number of benzene rings is 2. The van der Waals surface area contributed by atoms with Crippen LogP contribution in [0.2, 0.25) is 0 Å². The van der Waals surface area contributed by atoms with E-state index in [4.69, 9.17) is 14.9 Å². The van der Waals surface area contributed by atoms with E-state index in [-0.39, 0.29) is 12.4 Å². The van der Waals surface area contributed by atoms with Crippen molar-refractivity contribution in [2.24, 2.45) is 11.8 Å². The SMILES string of the molecule is CCc1c(-c2ccccc2)c(-c2ccc(C)cc2F)nn1C[C@H]1CC[C@@H](COCC(=O)O)CC1. The van der Waals surface area contributed by atoms with Gasteiger partial charge in [0.1, 0.15) is 18.1 Å². The van der Waals surface area contributed by atoms with E-state index in [0.29, 0.717) is 29.7 Å². The summed E-state index contributed by atoms with van der Waals surface area (Å²) in [5, 5.41) is 13.7. The molecule has 5 nitrogen and oxygen atoms in total. The second kappa shape index (κ2) is 11.0. The molecule has 1 saturated carbocycles. The topological polar surface area (TPSA) is 64.4 Å². The van der Waals surface area contributed by atoms with Gasteiger partial charge in [0.15, 0.2) is 0 Å². The summed E-state index contributed by atoms with van der Waals surface area (Å²) < 4.78 is 22.4. The first-order valence-corrected chi connectivity index (χ1v) is 12.2. The van der Waals surface area contributed by atoms with Gasteiger partial charge >= 0.3 is 5.97 Å². The highest BCUT2D eigenvalue weighted by molar-refractivity contribution is 5.83. The van der Waals surface area contributed by atoms with Crippen LogP contribution in [0.1, 0.15) is 43.9 Å². The maximum atomic E-state index is 15.0. The minimum Gasteiger partial charge on any atom is -0.480 e. The van der Waals surface area contributed by atoms with Crippen molar-refractivity contribution in [3.8, 4) is 22.4 Å². The van der Waals surface area contributed by atoms with Crippen LogP contribution in [0.3, 0.4) is 0 Å². The van der Waals surface area contributed by atoms with Gasteiger partial charge in [0.05, 0.1) is 6.61 Å². The fourth-order valence-electron chi connectivity index (χ4n) is 5.05. The number of nitrogens with zero attached hydrogens (tertiary/aromatic N) is 2. The predicted molar refractivity (Wildman–Crippen MR) is 131 cm³/mol. The number of rotatable bonds is 9. The summed E-state index contributed by atoms with van der Waals surface area (Å²) in [5.74, 6) is -0.267. The minimum absolute atomic E-state index is 0.228. The molecule has 1 fully saturated rings. The Morgan fingerprint density at radius 2 is 1.82 bits per heavy atom. The summed E-state index contributed by atoms with van der Waals surface area (Å²) in [4.78, 5) is 10.7. The molecule has 34 heavy (non-hydrogen) atoms. The van der Waals surface area contributed by atoms with E-state index in [9.17, 15) is 4.79 Å². The number of hydrogen-bond acceptors (Lipinski definition) is 3. The molecule has 2 aromatic carbocycles. The van der Waals surface area contributed by atoms with Crippen molar-refractivity contribution in [1.29, 1.82) is 0 Å². The molecule has 1 heterocycles. The first-order chi connectivity index (χ1) is 16.5. The van der Waals surface area contributed by atoms with Crippen LogP contribution in [0.15, 0.2) is 48.5 Å². The largest absolute Gasteiger partial charge is 0.480 e. The molecule has 3 aromatic rings. The number of aryl methyl sites for hydroxylation is 1. The molecule has 0 atom stereocenters. The Kier molecular flexibility index (Phi) is 7.78. The highest BCUT2D eigenvalue weighted by atomic mass is 19.1. The zero-order valence-corrected chi connectivity index (χ0v) is 20.0. The van der Waals surface area contributed by atoms with Gasteiger partial charge in [-0.05, 0) is 74.1 Å². The summed E-state index contributed by atoms with van der Waals surface area (Å²) >= 11 is 0. The van der Waals surface area contributed by atoms with Crippen LogP contribution in [0.4, 0.5) is 4.39 Å². The first-order valence-electron chi connectivity index (χ1n) is 12.2. The quantitative estimate of drug-likeness (QED) is 0.413. The Hall–Kier alpha value is -2.99. The Labute approximate surface area is 200 Å². The van der Waals surface area contributed by atoms with Crippen molar-refractivity contribution >= 4 is 5.97 Å². The van der Waals surface area contributed by atoms with Crippen LogP contribution in [0, 0.1) is 24.6 Å². The third-order valence-electron chi connectivity index (χ3n) is 6.81. The van der Waals surface area contributed by atoms with Crippen LogP contribution >= 0.6 is 0 Å². The van der Waals surface area contributed by atoms with Gasteiger partial charge in [-0.3, -0.25) is 4.68 Å². The molecule has 4 rings (SSSR count). The van der Waals surface area contributed by atoms with E-state index in [2.05, 4.69) is 23.7 Å². The number of aliphatic carboxylic acids is 1. The predicted octanol–water partition coefficient (Wildman–Crippen LogP) is 6.13. The number of aromatic nitrogens is 2. The fraction of sp³-hybridized carbons (Fsp3) is 0.429. The lowest BCUT2D eigenvalue weighted by molar-refractivity contribution is -0.142. The summed E-state index contributed by atoms with van der Waals surface area (Å²) in [6.45, 7) is 5.11. The molecule has 1 aromatic heterocycles. The van der Waals surface area contributed by atoms with E-state index in [1.165, 1.54) is 0 Å². The Bertz CT molecular complexity index is 1120. The van der Waals surface area contributed by atoms with Crippen molar-refractivity contribution in [2.75, 3.05) is 13.2 Å². The highest BCUT2D eigenvalue weighted by Gasteiger charge is 2.26. The smallest absolute Gasteiger partial charge is 0.329 e. The van der Waals surface area contributed by atoms with Gasteiger partial charge in [-0.25, -0.2) is 9.18 Å². The summed E-state index contributed by atoms with van der Waals surface area (Å²) in [5.41, 5.74) is 5.34. The van der Waals surface area contributed by atoms with Gasteiger partial charge in [-0.1, -0.05) is 43.3 Å². The highest BCUT2D eigenvalue weighted by Crippen LogP contribution is 2.38. The molecular weight excluding hydrogens is 431 g/mol. The van der Waals surface area contributed by atoms with Crippen molar-refractivity contribution in [3.05, 3.63) is 65.6 Å². The third-order valence-corrected chi connectivity index (χ3v) is 6.81. The molecule has 1 N–H and O–H groups in total. The molecule has 1 aliphatic carbocycles. The lowest BCUT2D eigenvalue weighted by atomic mass is 9.82. The van der Waals surface area contributed by atoms with Crippen LogP contribution in [-0.4, -0.2) is 34.1 Å². The molecule has 0 unspecified atom stereocenters. The number of carboxylic acid groups (broad SMARTS) is 1. The van der Waals surface area contributed by atoms with E-state index >= 15 is 4.39 Å². The van der Waals surface area contributed by atoms with Crippen molar-refractivity contribution in [2.45, 2.75) is 52.5 Å². The summed E-state index contributed by atoms with van der Waals surface area (Å²) in [7, 11) is 0. The normalized spacial score (nSPS) is 18.2. The first kappa shape index (κ1) is 24.1. The van der Waals surface area contributed by atoms with Gasteiger partial charge in [-0.2, -0.15) is 5.10 Å². The van der Waals surface area contributed by atoms with Gasteiger partial charge < -0.3 is 9.84 Å². The third kappa shape index (κ3) is 5.55. The zero-order chi connectivity index (χ0) is 24.1. The van der Waals surface area contributed by atoms with Crippen LogP contribution in [-0.2, 0) is 22.5 Å². The Morgan fingerprint density at radius 1 is 1.12 bits per heavy atom. The molecule has 180 valence electrons. The molecule has 6 heteroatoms. The molecule has 0 bridgehead atoms. The summed E-state index contributed by atoms with van der Waals surface area (Å²) in [6, 6.07) is 15.5. The molecular formula is C28H33FN2O3. The molecule has 0 radical (unpaired) electrons. The van der Waals surface area contributed by atoms with Gasteiger partial charge in [0.25, 0.3) is 0 Å². The second-order valence-corrected chi connectivity index (χ2v) is 9.35. The van der Waals surface area contributed by atoms with E-state index in [1.807, 2.05) is 37.3 Å². The minimum atomic E-state index is -0.922. The Morgan fingerprint density at radius 3 is 2.47 bits per heavy atom. The number of halogens is 1. The molecule has 0 aliphatic heterocycles. The molecule has 0 spiro atoms. The number of carbonyl (C=O) groups is 1. The molecule has 1 aliphatic rings. The standard InChI is InChI=1S/C28H33FN2O3/c1-3-25-27(22-7-5-4-6-8-22)28(23-14-9-19(2)15-24(23)29)30-31(25)16-20-10-12-21(13-11-20)17-34-18-26(32)33/h4-9,14-15,20-21H,3,10-13,16-18H2,1-2H3,(H,32,33)/t20-,21+. The number of carboxylic acids is 1. The van der Waals surface area contributed by atoms with Crippen LogP contribution < -0.4 is 0 Å².